The summed E-state index contributed by atoms with van der Waals surface area (Å²) in [5.41, 5.74) is 8.19. The van der Waals surface area contributed by atoms with Gasteiger partial charge in [-0.05, 0) is 43.7 Å². The molecule has 112 valence electrons. The van der Waals surface area contributed by atoms with Gasteiger partial charge >= 0.3 is 0 Å². The van der Waals surface area contributed by atoms with Crippen molar-refractivity contribution in [3.05, 3.63) is 64.4 Å². The van der Waals surface area contributed by atoms with E-state index in [0.717, 1.165) is 11.3 Å². The van der Waals surface area contributed by atoms with E-state index in [9.17, 15) is 4.39 Å². The Morgan fingerprint density at radius 2 is 1.86 bits per heavy atom. The van der Waals surface area contributed by atoms with Gasteiger partial charge in [-0.15, -0.1) is 0 Å². The molecule has 0 saturated heterocycles. The predicted octanol–water partition coefficient (Wildman–Crippen LogP) is 4.47. The Labute approximate surface area is 130 Å². The fourth-order valence-electron chi connectivity index (χ4n) is 2.23. The van der Waals surface area contributed by atoms with E-state index in [1.165, 1.54) is 6.07 Å². The Balaban J connectivity index is 2.20. The highest BCUT2D eigenvalue weighted by Gasteiger charge is 2.15. The minimum absolute atomic E-state index is 0.263. The molecule has 2 aromatic rings. The first-order chi connectivity index (χ1) is 9.97. The van der Waals surface area contributed by atoms with E-state index in [0.29, 0.717) is 23.7 Å². The van der Waals surface area contributed by atoms with E-state index in [1.54, 1.807) is 12.1 Å². The molecule has 0 aliphatic heterocycles. The van der Waals surface area contributed by atoms with Crippen molar-refractivity contribution in [3.63, 3.8) is 0 Å². The summed E-state index contributed by atoms with van der Waals surface area (Å²) < 4.78 is 13.9. The van der Waals surface area contributed by atoms with E-state index < -0.39 is 0 Å². The Morgan fingerprint density at radius 1 is 1.14 bits per heavy atom. The quantitative estimate of drug-likeness (QED) is 0.826. The molecule has 0 saturated carbocycles. The van der Waals surface area contributed by atoms with Crippen molar-refractivity contribution in [2.45, 2.75) is 33.0 Å². The lowest BCUT2D eigenvalue weighted by molar-refractivity contribution is 0.201. The van der Waals surface area contributed by atoms with Crippen LogP contribution in [0, 0.1) is 5.82 Å². The van der Waals surface area contributed by atoms with Gasteiger partial charge in [-0.25, -0.2) is 4.39 Å². The van der Waals surface area contributed by atoms with E-state index in [1.807, 2.05) is 24.3 Å². The topological polar surface area (TPSA) is 29.3 Å². The summed E-state index contributed by atoms with van der Waals surface area (Å²) in [7, 11) is 0. The molecular formula is C17H20ClFN2. The summed E-state index contributed by atoms with van der Waals surface area (Å²) >= 11 is 6.12. The monoisotopic (exact) mass is 306 g/mol. The lowest BCUT2D eigenvalue weighted by Gasteiger charge is -2.27. The lowest BCUT2D eigenvalue weighted by Crippen LogP contribution is -2.30. The number of nitrogen functional groups attached to an aromatic ring is 1. The van der Waals surface area contributed by atoms with Gasteiger partial charge in [-0.2, -0.15) is 0 Å². The van der Waals surface area contributed by atoms with Crippen LogP contribution in [0.1, 0.15) is 25.0 Å². The van der Waals surface area contributed by atoms with Crippen LogP contribution in [-0.4, -0.2) is 10.9 Å². The first-order valence-electron chi connectivity index (χ1n) is 6.98. The average molecular weight is 307 g/mol. The number of halogens is 2. The van der Waals surface area contributed by atoms with Crippen LogP contribution in [0.3, 0.4) is 0 Å². The zero-order valence-corrected chi connectivity index (χ0v) is 13.1. The molecule has 0 bridgehead atoms. The standard InChI is InChI=1S/C17H20ClFN2/c1-12(2)21(10-13-5-3-6-14(20)9-13)11-15-16(18)7-4-8-17(15)19/h3-9,12H,10-11,20H2,1-2H3. The summed E-state index contributed by atoms with van der Waals surface area (Å²) in [6, 6.07) is 12.8. The Kier molecular flexibility index (Phi) is 5.21. The van der Waals surface area contributed by atoms with Crippen LogP contribution in [-0.2, 0) is 13.1 Å². The fourth-order valence-corrected chi connectivity index (χ4v) is 2.46. The zero-order chi connectivity index (χ0) is 15.4. The molecule has 0 amide bonds. The third-order valence-corrected chi connectivity index (χ3v) is 3.84. The summed E-state index contributed by atoms with van der Waals surface area (Å²) in [5.74, 6) is -0.263. The highest BCUT2D eigenvalue weighted by Crippen LogP contribution is 2.23. The second kappa shape index (κ2) is 6.92. The molecule has 2 aromatic carbocycles. The normalized spacial score (nSPS) is 11.3. The predicted molar refractivity (Wildman–Crippen MR) is 86.6 cm³/mol. The molecule has 0 fully saturated rings. The lowest BCUT2D eigenvalue weighted by atomic mass is 10.1. The molecule has 0 unspecified atom stereocenters. The van der Waals surface area contributed by atoms with Crippen LogP contribution in [0.25, 0.3) is 0 Å². The minimum Gasteiger partial charge on any atom is -0.399 e. The number of nitrogens with zero attached hydrogens (tertiary/aromatic N) is 1. The number of hydrogen-bond donors (Lipinski definition) is 1. The van der Waals surface area contributed by atoms with E-state index >= 15 is 0 Å². The van der Waals surface area contributed by atoms with Crippen molar-refractivity contribution in [1.29, 1.82) is 0 Å². The SMILES string of the molecule is CC(C)N(Cc1cccc(N)c1)Cc1c(F)cccc1Cl. The minimum atomic E-state index is -0.263. The van der Waals surface area contributed by atoms with Gasteiger partial charge in [-0.3, -0.25) is 4.90 Å². The number of nitrogens with two attached hydrogens (primary N) is 1. The molecule has 0 heterocycles. The molecule has 0 atom stereocenters. The Morgan fingerprint density at radius 3 is 2.48 bits per heavy atom. The fraction of sp³-hybridized carbons (Fsp3) is 0.294. The average Bonchev–Trinajstić information content (AvgIpc) is 2.41. The highest BCUT2D eigenvalue weighted by molar-refractivity contribution is 6.31. The maximum Gasteiger partial charge on any atom is 0.129 e. The number of benzene rings is 2. The molecule has 2 nitrogen and oxygen atoms in total. The van der Waals surface area contributed by atoms with Gasteiger partial charge in [0, 0.05) is 35.4 Å². The maximum atomic E-state index is 13.9. The Bertz CT molecular complexity index is 593. The van der Waals surface area contributed by atoms with Gasteiger partial charge in [0.2, 0.25) is 0 Å². The van der Waals surface area contributed by atoms with Crippen molar-refractivity contribution in [3.8, 4) is 0 Å². The molecule has 0 aliphatic rings. The van der Waals surface area contributed by atoms with Crippen molar-refractivity contribution in [2.75, 3.05) is 5.73 Å². The van der Waals surface area contributed by atoms with Crippen LogP contribution in [0.5, 0.6) is 0 Å². The van der Waals surface area contributed by atoms with Crippen LogP contribution >= 0.6 is 11.6 Å². The van der Waals surface area contributed by atoms with Gasteiger partial charge in [0.15, 0.2) is 0 Å². The number of hydrogen-bond acceptors (Lipinski definition) is 2. The van der Waals surface area contributed by atoms with Crippen molar-refractivity contribution < 1.29 is 4.39 Å². The van der Waals surface area contributed by atoms with E-state index in [4.69, 9.17) is 17.3 Å². The molecular weight excluding hydrogens is 287 g/mol. The number of anilines is 1. The van der Waals surface area contributed by atoms with E-state index in [2.05, 4.69) is 18.7 Å². The highest BCUT2D eigenvalue weighted by atomic mass is 35.5. The largest absolute Gasteiger partial charge is 0.399 e. The second-order valence-electron chi connectivity index (χ2n) is 5.44. The molecule has 0 spiro atoms. The van der Waals surface area contributed by atoms with Crippen LogP contribution in [0.4, 0.5) is 10.1 Å². The molecule has 2 rings (SSSR count). The third-order valence-electron chi connectivity index (χ3n) is 3.49. The van der Waals surface area contributed by atoms with Crippen molar-refractivity contribution in [1.82, 2.24) is 4.90 Å². The van der Waals surface area contributed by atoms with Gasteiger partial charge in [0.05, 0.1) is 0 Å². The summed E-state index contributed by atoms with van der Waals surface area (Å²) in [6.07, 6.45) is 0. The zero-order valence-electron chi connectivity index (χ0n) is 12.3. The van der Waals surface area contributed by atoms with Crippen LogP contribution < -0.4 is 5.73 Å². The van der Waals surface area contributed by atoms with Gasteiger partial charge in [0.25, 0.3) is 0 Å². The second-order valence-corrected chi connectivity index (χ2v) is 5.85. The van der Waals surface area contributed by atoms with Crippen LogP contribution in [0.2, 0.25) is 5.02 Å². The number of rotatable bonds is 5. The smallest absolute Gasteiger partial charge is 0.129 e. The molecule has 0 aromatic heterocycles. The molecule has 0 radical (unpaired) electrons. The van der Waals surface area contributed by atoms with Gasteiger partial charge in [-0.1, -0.05) is 29.8 Å². The molecule has 21 heavy (non-hydrogen) atoms. The summed E-state index contributed by atoms with van der Waals surface area (Å²) in [6.45, 7) is 5.34. The summed E-state index contributed by atoms with van der Waals surface area (Å²) in [5, 5.41) is 0.466. The molecule has 4 heteroatoms. The van der Waals surface area contributed by atoms with Gasteiger partial charge < -0.3 is 5.73 Å². The third kappa shape index (κ3) is 4.19. The first-order valence-corrected chi connectivity index (χ1v) is 7.36. The van der Waals surface area contributed by atoms with Gasteiger partial charge in [0.1, 0.15) is 5.82 Å². The van der Waals surface area contributed by atoms with E-state index in [-0.39, 0.29) is 11.9 Å². The van der Waals surface area contributed by atoms with Crippen molar-refractivity contribution in [2.24, 2.45) is 0 Å². The maximum absolute atomic E-state index is 13.9. The molecule has 2 N–H and O–H groups in total. The summed E-state index contributed by atoms with van der Waals surface area (Å²) in [4.78, 5) is 2.17. The first kappa shape index (κ1) is 15.8. The Hall–Kier alpha value is -1.58. The van der Waals surface area contributed by atoms with Crippen LogP contribution in [0.15, 0.2) is 42.5 Å². The van der Waals surface area contributed by atoms with Crippen molar-refractivity contribution >= 4 is 17.3 Å². The molecule has 0 aliphatic carbocycles.